The number of esters is 1. The summed E-state index contributed by atoms with van der Waals surface area (Å²) in [7, 11) is 0. The quantitative estimate of drug-likeness (QED) is 0.612. The number of carbonyl (C=O) groups excluding carboxylic acids is 2. The van der Waals surface area contributed by atoms with Crippen molar-refractivity contribution in [2.75, 3.05) is 18.5 Å². The molecule has 0 saturated heterocycles. The van der Waals surface area contributed by atoms with E-state index in [4.69, 9.17) is 44.3 Å². The first-order chi connectivity index (χ1) is 11.0. The van der Waals surface area contributed by atoms with Crippen LogP contribution in [0.5, 0.6) is 5.75 Å². The van der Waals surface area contributed by atoms with Crippen molar-refractivity contribution in [1.82, 2.24) is 5.16 Å². The molecule has 10 heteroatoms. The van der Waals surface area contributed by atoms with Crippen molar-refractivity contribution in [1.29, 1.82) is 0 Å². The molecule has 0 aliphatic carbocycles. The fourth-order valence-electron chi connectivity index (χ4n) is 1.40. The highest BCUT2D eigenvalue weighted by molar-refractivity contribution is 6.43. The molecule has 0 aliphatic heterocycles. The monoisotopic (exact) mass is 378 g/mol. The lowest BCUT2D eigenvalue weighted by atomic mass is 10.3. The molecule has 1 N–H and O–H groups in total. The Morgan fingerprint density at radius 1 is 1.13 bits per heavy atom. The van der Waals surface area contributed by atoms with E-state index in [0.29, 0.717) is 0 Å². The van der Waals surface area contributed by atoms with Gasteiger partial charge in [0.1, 0.15) is 12.0 Å². The van der Waals surface area contributed by atoms with E-state index in [2.05, 4.69) is 15.0 Å². The van der Waals surface area contributed by atoms with Crippen LogP contribution < -0.4 is 10.1 Å². The lowest BCUT2D eigenvalue weighted by Crippen LogP contribution is -2.23. The second kappa shape index (κ2) is 8.05. The number of nitrogens with one attached hydrogen (secondary N) is 1. The van der Waals surface area contributed by atoms with E-state index in [1.165, 1.54) is 24.5 Å². The van der Waals surface area contributed by atoms with Crippen LogP contribution in [0.2, 0.25) is 15.1 Å². The first kappa shape index (κ1) is 17.4. The lowest BCUT2D eigenvalue weighted by molar-refractivity contribution is -0.149. The van der Waals surface area contributed by atoms with Gasteiger partial charge in [-0.1, -0.05) is 40.0 Å². The Bertz CT molecular complexity index is 706. The van der Waals surface area contributed by atoms with E-state index < -0.39 is 25.1 Å². The van der Waals surface area contributed by atoms with Gasteiger partial charge in [0, 0.05) is 12.1 Å². The number of halogens is 3. The van der Waals surface area contributed by atoms with Gasteiger partial charge >= 0.3 is 5.97 Å². The van der Waals surface area contributed by atoms with E-state index in [1.54, 1.807) is 0 Å². The molecule has 0 atom stereocenters. The maximum Gasteiger partial charge on any atom is 0.344 e. The minimum atomic E-state index is -0.762. The fourth-order valence-corrected chi connectivity index (χ4v) is 1.99. The van der Waals surface area contributed by atoms with Crippen LogP contribution in [0.25, 0.3) is 0 Å². The summed E-state index contributed by atoms with van der Waals surface area (Å²) in [6, 6.07) is 4.20. The number of rotatable bonds is 6. The van der Waals surface area contributed by atoms with Crippen LogP contribution in [0.1, 0.15) is 0 Å². The topological polar surface area (TPSA) is 90.7 Å². The first-order valence-corrected chi connectivity index (χ1v) is 7.22. The van der Waals surface area contributed by atoms with E-state index in [1.807, 2.05) is 0 Å². The van der Waals surface area contributed by atoms with Crippen LogP contribution >= 0.6 is 34.8 Å². The van der Waals surface area contributed by atoms with Crippen molar-refractivity contribution < 1.29 is 23.6 Å². The molecule has 1 amide bonds. The molecule has 2 rings (SSSR count). The van der Waals surface area contributed by atoms with Crippen LogP contribution in [0.15, 0.2) is 29.0 Å². The zero-order chi connectivity index (χ0) is 16.8. The number of amides is 1. The molecule has 1 aromatic carbocycles. The molecule has 1 heterocycles. The largest absolute Gasteiger partial charge is 0.480 e. The van der Waals surface area contributed by atoms with E-state index in [0.717, 1.165) is 0 Å². The molecule has 0 radical (unpaired) electrons. The Hall–Kier alpha value is -1.96. The van der Waals surface area contributed by atoms with E-state index in [-0.39, 0.29) is 26.6 Å². The van der Waals surface area contributed by atoms with Gasteiger partial charge in [0.25, 0.3) is 5.91 Å². The molecular weight excluding hydrogens is 371 g/mol. The molecule has 0 fully saturated rings. The van der Waals surface area contributed by atoms with Gasteiger partial charge in [-0.15, -0.1) is 0 Å². The average molecular weight is 380 g/mol. The number of nitrogens with zero attached hydrogens (tertiary/aromatic N) is 1. The second-order valence-electron chi connectivity index (χ2n) is 4.08. The highest BCUT2D eigenvalue weighted by Crippen LogP contribution is 2.33. The summed E-state index contributed by atoms with van der Waals surface area (Å²) in [4.78, 5) is 23.0. The second-order valence-corrected chi connectivity index (χ2v) is 5.30. The maximum absolute atomic E-state index is 11.5. The predicted molar refractivity (Wildman–Crippen MR) is 83.1 cm³/mol. The standard InChI is InChI=1S/C13H9Cl3N2O5/c14-7-3-9(16)10(4-8(7)15)21-6-13(20)22-5-12(19)17-11-1-2-23-18-11/h1-4H,5-6H2,(H,17,18,19). The molecule has 122 valence electrons. The summed E-state index contributed by atoms with van der Waals surface area (Å²) in [5.74, 6) is -0.947. The Balaban J connectivity index is 1.77. The lowest BCUT2D eigenvalue weighted by Gasteiger charge is -2.09. The summed E-state index contributed by atoms with van der Waals surface area (Å²) in [5.41, 5.74) is 0. The Morgan fingerprint density at radius 3 is 2.57 bits per heavy atom. The maximum atomic E-state index is 11.5. The van der Waals surface area contributed by atoms with Crippen LogP contribution in [0.4, 0.5) is 5.82 Å². The van der Waals surface area contributed by atoms with Crippen LogP contribution in [0, 0.1) is 0 Å². The highest BCUT2D eigenvalue weighted by Gasteiger charge is 2.12. The van der Waals surface area contributed by atoms with Gasteiger partial charge in [0.15, 0.2) is 19.0 Å². The highest BCUT2D eigenvalue weighted by atomic mass is 35.5. The number of anilines is 1. The number of carbonyl (C=O) groups is 2. The minimum absolute atomic E-state index is 0.171. The van der Waals surface area contributed by atoms with Gasteiger partial charge in [-0.25, -0.2) is 4.79 Å². The SMILES string of the molecule is O=C(COC(=O)COc1cc(Cl)c(Cl)cc1Cl)Nc1ccon1. The van der Waals surface area contributed by atoms with Gasteiger partial charge < -0.3 is 19.3 Å². The van der Waals surface area contributed by atoms with Crippen molar-refractivity contribution in [2.24, 2.45) is 0 Å². The summed E-state index contributed by atoms with van der Waals surface area (Å²) < 4.78 is 14.4. The Labute approximate surface area is 145 Å². The van der Waals surface area contributed by atoms with Gasteiger partial charge in [-0.05, 0) is 6.07 Å². The van der Waals surface area contributed by atoms with Crippen molar-refractivity contribution in [3.63, 3.8) is 0 Å². The number of benzene rings is 1. The molecule has 0 aliphatic rings. The molecule has 23 heavy (non-hydrogen) atoms. The third-order valence-electron chi connectivity index (χ3n) is 2.39. The van der Waals surface area contributed by atoms with Crippen molar-refractivity contribution in [2.45, 2.75) is 0 Å². The van der Waals surface area contributed by atoms with Gasteiger partial charge in [0.2, 0.25) is 0 Å². The molecule has 1 aromatic heterocycles. The molecule has 0 bridgehead atoms. The van der Waals surface area contributed by atoms with E-state index in [9.17, 15) is 9.59 Å². The summed E-state index contributed by atoms with van der Waals surface area (Å²) >= 11 is 17.5. The Kier molecular flexibility index (Phi) is 6.09. The summed E-state index contributed by atoms with van der Waals surface area (Å²) in [6.45, 7) is -0.945. The van der Waals surface area contributed by atoms with Gasteiger partial charge in [0.05, 0.1) is 15.1 Å². The molecular formula is C13H9Cl3N2O5. The zero-order valence-electron chi connectivity index (χ0n) is 11.3. The molecule has 0 unspecified atom stereocenters. The molecule has 0 saturated carbocycles. The minimum Gasteiger partial charge on any atom is -0.480 e. The number of hydrogen-bond donors (Lipinski definition) is 1. The summed E-state index contributed by atoms with van der Waals surface area (Å²) in [6.07, 6.45) is 1.29. The van der Waals surface area contributed by atoms with Crippen LogP contribution in [-0.4, -0.2) is 30.2 Å². The number of aromatic nitrogens is 1. The van der Waals surface area contributed by atoms with Crippen molar-refractivity contribution in [3.8, 4) is 5.75 Å². The molecule has 7 nitrogen and oxygen atoms in total. The molecule has 2 aromatic rings. The fraction of sp³-hybridized carbons (Fsp3) is 0.154. The smallest absolute Gasteiger partial charge is 0.344 e. The zero-order valence-corrected chi connectivity index (χ0v) is 13.6. The first-order valence-electron chi connectivity index (χ1n) is 6.09. The average Bonchev–Trinajstić information content (AvgIpc) is 3.00. The predicted octanol–water partition coefficient (Wildman–Crippen LogP) is 3.20. The molecule has 0 spiro atoms. The van der Waals surface area contributed by atoms with Crippen LogP contribution in [-0.2, 0) is 14.3 Å². The van der Waals surface area contributed by atoms with Gasteiger partial charge in [-0.3, -0.25) is 4.79 Å². The number of hydrogen-bond acceptors (Lipinski definition) is 6. The van der Waals surface area contributed by atoms with Crippen LogP contribution in [0.3, 0.4) is 0 Å². The van der Waals surface area contributed by atoms with Crippen molar-refractivity contribution >= 4 is 52.5 Å². The third-order valence-corrected chi connectivity index (χ3v) is 3.41. The summed E-state index contributed by atoms with van der Waals surface area (Å²) in [5, 5.41) is 6.51. The van der Waals surface area contributed by atoms with E-state index >= 15 is 0 Å². The normalized spacial score (nSPS) is 10.2. The third kappa shape index (κ3) is 5.31. The van der Waals surface area contributed by atoms with Crippen molar-refractivity contribution in [3.05, 3.63) is 39.5 Å². The van der Waals surface area contributed by atoms with Gasteiger partial charge in [-0.2, -0.15) is 0 Å². The Morgan fingerprint density at radius 2 is 1.87 bits per heavy atom. The number of ether oxygens (including phenoxy) is 2.